The molecule has 132 valence electrons. The van der Waals surface area contributed by atoms with Crippen LogP contribution < -0.4 is 0 Å². The van der Waals surface area contributed by atoms with Crippen molar-refractivity contribution in [3.8, 4) is 11.4 Å². The van der Waals surface area contributed by atoms with E-state index >= 15 is 0 Å². The summed E-state index contributed by atoms with van der Waals surface area (Å²) in [5.74, 6) is 0.854. The van der Waals surface area contributed by atoms with Gasteiger partial charge in [-0.1, -0.05) is 35.5 Å². The number of carbonyl (C=O) groups is 1. The van der Waals surface area contributed by atoms with Crippen molar-refractivity contribution in [3.05, 3.63) is 60.0 Å². The molecule has 1 aliphatic rings. The average molecular weight is 349 g/mol. The van der Waals surface area contributed by atoms with Crippen LogP contribution in [0.1, 0.15) is 47.4 Å². The second kappa shape index (κ2) is 7.03. The minimum absolute atomic E-state index is 0.151. The highest BCUT2D eigenvalue weighted by Gasteiger charge is 2.33. The fourth-order valence-corrected chi connectivity index (χ4v) is 3.16. The molecule has 0 saturated carbocycles. The van der Waals surface area contributed by atoms with Crippen molar-refractivity contribution in [2.24, 2.45) is 0 Å². The summed E-state index contributed by atoms with van der Waals surface area (Å²) in [5, 5.41) is 4.09. The lowest BCUT2D eigenvalue weighted by Crippen LogP contribution is -2.39. The molecular weight excluding hydrogens is 330 g/mol. The van der Waals surface area contributed by atoms with E-state index in [0.717, 1.165) is 30.5 Å². The van der Waals surface area contributed by atoms with E-state index in [-0.39, 0.29) is 11.9 Å². The van der Waals surface area contributed by atoms with Gasteiger partial charge in [0.15, 0.2) is 0 Å². The highest BCUT2D eigenvalue weighted by Crippen LogP contribution is 2.32. The molecule has 0 N–H and O–H groups in total. The van der Waals surface area contributed by atoms with Crippen LogP contribution in [0.5, 0.6) is 0 Å². The Morgan fingerprint density at radius 1 is 1.15 bits per heavy atom. The van der Waals surface area contributed by atoms with Crippen molar-refractivity contribution in [3.63, 3.8) is 0 Å². The molecule has 2 aromatic heterocycles. The van der Waals surface area contributed by atoms with Gasteiger partial charge in [-0.05, 0) is 26.2 Å². The maximum Gasteiger partial charge on any atom is 0.274 e. The molecule has 0 spiro atoms. The van der Waals surface area contributed by atoms with Gasteiger partial charge in [0.1, 0.15) is 11.7 Å². The summed E-state index contributed by atoms with van der Waals surface area (Å²) in [6, 6.07) is 9.43. The third-order valence-corrected chi connectivity index (χ3v) is 4.52. The van der Waals surface area contributed by atoms with Gasteiger partial charge in [0.25, 0.3) is 5.91 Å². The quantitative estimate of drug-likeness (QED) is 0.722. The molecule has 4 rings (SSSR count). The van der Waals surface area contributed by atoms with Crippen LogP contribution in [-0.2, 0) is 0 Å². The number of benzene rings is 1. The summed E-state index contributed by atoms with van der Waals surface area (Å²) < 4.78 is 5.50. The fourth-order valence-electron chi connectivity index (χ4n) is 3.16. The summed E-state index contributed by atoms with van der Waals surface area (Å²) in [5.41, 5.74) is 2.01. The van der Waals surface area contributed by atoms with E-state index < -0.39 is 0 Å². The molecule has 1 fully saturated rings. The lowest BCUT2D eigenvalue weighted by atomic mass is 10.0. The molecule has 1 aromatic carbocycles. The van der Waals surface area contributed by atoms with Crippen LogP contribution in [0.25, 0.3) is 11.4 Å². The molecule has 3 aromatic rings. The van der Waals surface area contributed by atoms with Gasteiger partial charge in [0, 0.05) is 18.3 Å². The minimum atomic E-state index is -0.232. The zero-order valence-corrected chi connectivity index (χ0v) is 14.5. The number of carbonyl (C=O) groups excluding carboxylic acids is 1. The van der Waals surface area contributed by atoms with Gasteiger partial charge >= 0.3 is 0 Å². The van der Waals surface area contributed by atoms with E-state index in [4.69, 9.17) is 4.52 Å². The Bertz CT molecular complexity index is 892. The summed E-state index contributed by atoms with van der Waals surface area (Å²) in [4.78, 5) is 27.6. The Labute approximate surface area is 151 Å². The lowest BCUT2D eigenvalue weighted by molar-refractivity contribution is 0.0555. The second-order valence-corrected chi connectivity index (χ2v) is 6.38. The van der Waals surface area contributed by atoms with Gasteiger partial charge in [0.2, 0.25) is 11.7 Å². The number of piperidine rings is 1. The van der Waals surface area contributed by atoms with Gasteiger partial charge in [-0.25, -0.2) is 4.98 Å². The van der Waals surface area contributed by atoms with Crippen molar-refractivity contribution < 1.29 is 9.32 Å². The summed E-state index contributed by atoms with van der Waals surface area (Å²) in [7, 11) is 0. The maximum absolute atomic E-state index is 12.9. The van der Waals surface area contributed by atoms with E-state index in [9.17, 15) is 4.79 Å². The number of amides is 1. The van der Waals surface area contributed by atoms with Crippen LogP contribution >= 0.6 is 0 Å². The molecule has 7 nitrogen and oxygen atoms in total. The molecule has 0 aliphatic carbocycles. The van der Waals surface area contributed by atoms with Gasteiger partial charge in [0.05, 0.1) is 11.9 Å². The zero-order chi connectivity index (χ0) is 17.9. The second-order valence-electron chi connectivity index (χ2n) is 6.38. The van der Waals surface area contributed by atoms with Crippen molar-refractivity contribution in [1.29, 1.82) is 0 Å². The van der Waals surface area contributed by atoms with Crippen LogP contribution in [0.3, 0.4) is 0 Å². The van der Waals surface area contributed by atoms with Crippen LogP contribution in [0.4, 0.5) is 0 Å². The number of hydrogen-bond donors (Lipinski definition) is 0. The summed E-state index contributed by atoms with van der Waals surface area (Å²) in [6.45, 7) is 2.48. The van der Waals surface area contributed by atoms with Gasteiger partial charge in [-0.15, -0.1) is 0 Å². The number of rotatable bonds is 3. The zero-order valence-electron chi connectivity index (χ0n) is 14.5. The fraction of sp³-hybridized carbons (Fsp3) is 0.316. The number of hydrogen-bond acceptors (Lipinski definition) is 6. The van der Waals surface area contributed by atoms with Crippen molar-refractivity contribution in [2.45, 2.75) is 32.2 Å². The molecule has 26 heavy (non-hydrogen) atoms. The Balaban J connectivity index is 1.61. The predicted molar refractivity (Wildman–Crippen MR) is 94.1 cm³/mol. The first-order valence-corrected chi connectivity index (χ1v) is 8.71. The first-order valence-electron chi connectivity index (χ1n) is 8.71. The summed E-state index contributed by atoms with van der Waals surface area (Å²) in [6.07, 6.45) is 5.87. The Hall–Kier alpha value is -3.09. The molecule has 1 atom stereocenters. The Morgan fingerprint density at radius 2 is 2.00 bits per heavy atom. The number of aromatic nitrogens is 4. The maximum atomic E-state index is 12.9. The summed E-state index contributed by atoms with van der Waals surface area (Å²) >= 11 is 0. The molecule has 0 unspecified atom stereocenters. The molecule has 1 amide bonds. The van der Waals surface area contributed by atoms with E-state index in [0.29, 0.717) is 24.0 Å². The van der Waals surface area contributed by atoms with Gasteiger partial charge < -0.3 is 9.42 Å². The number of aryl methyl sites for hydroxylation is 1. The average Bonchev–Trinajstić information content (AvgIpc) is 3.19. The molecular formula is C19H19N5O2. The molecule has 1 saturated heterocycles. The van der Waals surface area contributed by atoms with E-state index in [1.54, 1.807) is 11.1 Å². The van der Waals surface area contributed by atoms with Crippen LogP contribution in [-0.4, -0.2) is 37.5 Å². The smallest absolute Gasteiger partial charge is 0.274 e. The highest BCUT2D eigenvalue weighted by atomic mass is 16.5. The Morgan fingerprint density at radius 3 is 2.77 bits per heavy atom. The van der Waals surface area contributed by atoms with E-state index in [2.05, 4.69) is 20.1 Å². The minimum Gasteiger partial charge on any atom is -0.337 e. The topological polar surface area (TPSA) is 85.0 Å². The monoisotopic (exact) mass is 349 g/mol. The number of likely N-dealkylation sites (tertiary alicyclic amines) is 1. The SMILES string of the molecule is Cc1cnc(C(=O)N2CCCC[C@@H]2c2nc(-c3ccccc3)no2)cn1. The first-order chi connectivity index (χ1) is 12.7. The van der Waals surface area contributed by atoms with Crippen molar-refractivity contribution in [1.82, 2.24) is 25.0 Å². The number of nitrogens with zero attached hydrogens (tertiary/aromatic N) is 5. The van der Waals surface area contributed by atoms with Crippen molar-refractivity contribution >= 4 is 5.91 Å². The van der Waals surface area contributed by atoms with Gasteiger partial charge in [-0.2, -0.15) is 4.98 Å². The van der Waals surface area contributed by atoms with Crippen LogP contribution in [0.15, 0.2) is 47.2 Å². The molecule has 0 radical (unpaired) electrons. The lowest BCUT2D eigenvalue weighted by Gasteiger charge is -2.33. The van der Waals surface area contributed by atoms with Crippen LogP contribution in [0, 0.1) is 6.92 Å². The molecule has 7 heteroatoms. The first kappa shape index (κ1) is 16.4. The third kappa shape index (κ3) is 3.20. The highest BCUT2D eigenvalue weighted by molar-refractivity contribution is 5.92. The van der Waals surface area contributed by atoms with E-state index in [1.165, 1.54) is 6.20 Å². The largest absolute Gasteiger partial charge is 0.337 e. The molecule has 0 bridgehead atoms. The van der Waals surface area contributed by atoms with E-state index in [1.807, 2.05) is 37.3 Å². The Kier molecular flexibility index (Phi) is 4.43. The predicted octanol–water partition coefficient (Wildman–Crippen LogP) is 3.20. The molecule has 3 heterocycles. The van der Waals surface area contributed by atoms with Crippen LogP contribution in [0.2, 0.25) is 0 Å². The third-order valence-electron chi connectivity index (χ3n) is 4.52. The molecule has 1 aliphatic heterocycles. The van der Waals surface area contributed by atoms with Crippen molar-refractivity contribution in [2.75, 3.05) is 6.54 Å². The normalized spacial score (nSPS) is 17.3. The van der Waals surface area contributed by atoms with Gasteiger partial charge in [-0.3, -0.25) is 9.78 Å². The standard InChI is InChI=1S/C19H19N5O2/c1-13-11-21-15(12-20-13)19(25)24-10-6-5-9-16(24)18-22-17(23-26-18)14-7-3-2-4-8-14/h2-4,7-8,11-12,16H,5-6,9-10H2,1H3/t16-/m1/s1.